The van der Waals surface area contributed by atoms with Crippen LogP contribution in [0.3, 0.4) is 0 Å². The molecule has 0 aliphatic carbocycles. The largest absolute Gasteiger partial charge is 0.462 e. The second-order valence-electron chi connectivity index (χ2n) is 17.6. The predicted octanol–water partition coefficient (Wildman–Crippen LogP) is 2.20. The molecule has 0 spiro atoms. The summed E-state index contributed by atoms with van der Waals surface area (Å²) in [5.41, 5.74) is -0.761. The molecule has 352 valence electrons. The van der Waals surface area contributed by atoms with Gasteiger partial charge in [-0.25, -0.2) is 0 Å². The molecular formula is C43H73NO17. The van der Waals surface area contributed by atoms with E-state index in [0.29, 0.717) is 12.8 Å². The van der Waals surface area contributed by atoms with Crippen LogP contribution in [0, 0.1) is 23.7 Å². The molecule has 61 heavy (non-hydrogen) atoms. The highest BCUT2D eigenvalue weighted by molar-refractivity contribution is 5.97. The van der Waals surface area contributed by atoms with Crippen LogP contribution in [0.25, 0.3) is 0 Å². The van der Waals surface area contributed by atoms with Crippen molar-refractivity contribution in [3.8, 4) is 0 Å². The monoisotopic (exact) mass is 875 g/mol. The summed E-state index contributed by atoms with van der Waals surface area (Å²) in [6.45, 7) is 11.9. The van der Waals surface area contributed by atoms with Crippen LogP contribution in [0.15, 0.2) is 0 Å². The summed E-state index contributed by atoms with van der Waals surface area (Å²) in [6, 6.07) is -0.754. The highest BCUT2D eigenvalue weighted by Gasteiger charge is 2.59. The van der Waals surface area contributed by atoms with Crippen molar-refractivity contribution in [2.45, 2.75) is 179 Å². The summed E-state index contributed by atoms with van der Waals surface area (Å²) in [7, 11) is 9.38. The Hall–Kier alpha value is -2.20. The number of cyclic esters (lactones) is 1. The molecule has 2 N–H and O–H groups in total. The lowest BCUT2D eigenvalue weighted by Crippen LogP contribution is -2.63. The summed E-state index contributed by atoms with van der Waals surface area (Å²) in [4.78, 5) is 55.7. The maximum atomic E-state index is 14.3. The number of carbonyl (C=O) groups is 4. The fraction of sp³-hybridized carbons (Fsp3) is 0.907. The van der Waals surface area contributed by atoms with E-state index in [1.165, 1.54) is 35.4 Å². The Bertz CT molecular complexity index is 1450. The number of nitrogens with zero attached hydrogens (tertiary/aromatic N) is 1. The minimum absolute atomic E-state index is 0.0187. The van der Waals surface area contributed by atoms with Crippen molar-refractivity contribution in [1.29, 1.82) is 0 Å². The molecule has 8 unspecified atom stereocenters. The van der Waals surface area contributed by atoms with E-state index >= 15 is 0 Å². The van der Waals surface area contributed by atoms with Gasteiger partial charge in [0.1, 0.15) is 42.4 Å². The maximum Gasteiger partial charge on any atom is 0.313 e. The zero-order valence-corrected chi connectivity index (χ0v) is 38.3. The second kappa shape index (κ2) is 22.6. The number of aliphatic hydroxyl groups is 2. The highest BCUT2D eigenvalue weighted by Crippen LogP contribution is 2.48. The number of hydrogen-bond donors (Lipinski definition) is 2. The predicted molar refractivity (Wildman–Crippen MR) is 216 cm³/mol. The number of likely N-dealkylation sites (N-methyl/N-ethyl adjacent to an activating group) is 1. The quantitative estimate of drug-likeness (QED) is 0.111. The topological polar surface area (TPSA) is 217 Å². The number of Topliss-reactive ketones (excluding diaryl/α,β-unsaturated/α-hetero) is 2. The van der Waals surface area contributed by atoms with Crippen molar-refractivity contribution in [3.63, 3.8) is 0 Å². The van der Waals surface area contributed by atoms with Crippen molar-refractivity contribution in [2.75, 3.05) is 49.1 Å². The van der Waals surface area contributed by atoms with E-state index in [1.807, 2.05) is 20.8 Å². The molecule has 4 rings (SSSR count). The van der Waals surface area contributed by atoms with Crippen molar-refractivity contribution < 1.29 is 81.5 Å². The van der Waals surface area contributed by atoms with Gasteiger partial charge in [0, 0.05) is 66.0 Å². The molecule has 0 aromatic heterocycles. The fourth-order valence-corrected chi connectivity index (χ4v) is 9.37. The van der Waals surface area contributed by atoms with Crippen LogP contribution in [0.2, 0.25) is 0 Å². The van der Waals surface area contributed by atoms with Gasteiger partial charge >= 0.3 is 11.9 Å². The Balaban J connectivity index is 1.66. The van der Waals surface area contributed by atoms with Gasteiger partial charge < -0.3 is 67.2 Å². The lowest BCUT2D eigenvalue weighted by Gasteiger charge is -2.46. The number of fused-ring (bicyclic) bond motifs is 1. The van der Waals surface area contributed by atoms with E-state index in [4.69, 9.17) is 52.1 Å². The van der Waals surface area contributed by atoms with Gasteiger partial charge in [-0.1, -0.05) is 20.8 Å². The van der Waals surface area contributed by atoms with E-state index in [1.54, 1.807) is 39.8 Å². The van der Waals surface area contributed by atoms with Crippen LogP contribution in [0.5, 0.6) is 0 Å². The lowest BCUT2D eigenvalue weighted by atomic mass is 9.79. The lowest BCUT2D eigenvalue weighted by molar-refractivity contribution is -0.307. The summed E-state index contributed by atoms with van der Waals surface area (Å²) >= 11 is 0. The van der Waals surface area contributed by atoms with Crippen molar-refractivity contribution in [3.05, 3.63) is 0 Å². The van der Waals surface area contributed by atoms with E-state index in [2.05, 4.69) is 0 Å². The Morgan fingerprint density at radius 2 is 1.52 bits per heavy atom. The number of methoxy groups -OCH3 is 4. The zero-order valence-electron chi connectivity index (χ0n) is 38.3. The molecule has 0 amide bonds. The number of carbonyl (C=O) groups excluding carboxylic acids is 4. The first-order valence-electron chi connectivity index (χ1n) is 21.6. The molecule has 18 nitrogen and oxygen atoms in total. The average molecular weight is 876 g/mol. The molecule has 0 radical (unpaired) electrons. The summed E-state index contributed by atoms with van der Waals surface area (Å²) in [5, 5.41) is 22.4. The number of rotatable bonds is 14. The molecule has 4 heterocycles. The Morgan fingerprint density at radius 1 is 0.885 bits per heavy atom. The van der Waals surface area contributed by atoms with Crippen LogP contribution in [0.1, 0.15) is 87.0 Å². The number of epoxide rings is 1. The first-order chi connectivity index (χ1) is 28.7. The van der Waals surface area contributed by atoms with Gasteiger partial charge in [0.05, 0.1) is 48.8 Å². The standard InChI is InChI=1S/C43H73NO17/c1-14-30-27(20-55-42-39(54-13)38(53-12)37(24(5)57-42)58-25(6)45)40-43(7,61-40)16-15-28(46)21(2)17-26(18-32(51-10)52-11)36(22(3)29(47)19-31(48)59-30)60-41-35(50)33(44(8)9)34(49)23(4)56-41/h21-24,26-27,30,32-42,49-50H,14-20H2,1-13H3/t21?,22?,23-,24-,26?,27?,30?,33+,34-,35-,36?,37-,38-,39+,40?,41+,42-,43?/m1/s1. The summed E-state index contributed by atoms with van der Waals surface area (Å²) in [5.74, 6) is -4.36. The van der Waals surface area contributed by atoms with Gasteiger partial charge in [0.25, 0.3) is 0 Å². The third-order valence-corrected chi connectivity index (χ3v) is 13.1. The van der Waals surface area contributed by atoms with Crippen LogP contribution in [-0.2, 0) is 71.3 Å². The van der Waals surface area contributed by atoms with Crippen LogP contribution < -0.4 is 0 Å². The Morgan fingerprint density at radius 3 is 2.10 bits per heavy atom. The van der Waals surface area contributed by atoms with Gasteiger partial charge in [0.2, 0.25) is 0 Å². The molecule has 0 aromatic carbocycles. The van der Waals surface area contributed by atoms with Gasteiger partial charge in [-0.05, 0) is 60.0 Å². The third-order valence-electron chi connectivity index (χ3n) is 13.1. The van der Waals surface area contributed by atoms with Gasteiger partial charge in [0.15, 0.2) is 25.0 Å². The number of esters is 2. The molecule has 0 bridgehead atoms. The first kappa shape index (κ1) is 51.4. The molecule has 4 fully saturated rings. The minimum Gasteiger partial charge on any atom is -0.462 e. The molecule has 4 aliphatic heterocycles. The van der Waals surface area contributed by atoms with Gasteiger partial charge in [-0.3, -0.25) is 19.2 Å². The van der Waals surface area contributed by atoms with Crippen molar-refractivity contribution in [1.82, 2.24) is 4.90 Å². The Labute approximate surface area is 360 Å². The fourth-order valence-electron chi connectivity index (χ4n) is 9.37. The molecule has 18 heteroatoms. The number of ketones is 2. The highest BCUT2D eigenvalue weighted by atomic mass is 16.7. The van der Waals surface area contributed by atoms with Gasteiger partial charge in [-0.2, -0.15) is 0 Å². The van der Waals surface area contributed by atoms with Crippen molar-refractivity contribution in [2.24, 2.45) is 23.7 Å². The van der Waals surface area contributed by atoms with E-state index < -0.39 is 139 Å². The SMILES string of the molecule is CCC1OC(=O)CC(=O)C(C)C(O[C@@H]2O[C@H](C)[C@@H](O)[C@H](N(C)C)[C@H]2O)C(CC(OC)OC)CC(C)C(=O)CCC2(C)OC2C1CO[C@@H]1O[C@H](C)[C@@H](OC(C)=O)[C@@H](OC)[C@@H]1OC. The molecule has 0 saturated carbocycles. The molecule has 4 aliphatic rings. The van der Waals surface area contributed by atoms with E-state index in [9.17, 15) is 29.4 Å². The molecular weight excluding hydrogens is 802 g/mol. The van der Waals surface area contributed by atoms with Gasteiger partial charge in [-0.15, -0.1) is 0 Å². The first-order valence-corrected chi connectivity index (χ1v) is 21.6. The summed E-state index contributed by atoms with van der Waals surface area (Å²) < 4.78 is 65.8. The zero-order chi connectivity index (χ0) is 45.5. The van der Waals surface area contributed by atoms with Crippen LogP contribution in [-0.4, -0.2) is 179 Å². The number of hydrogen-bond acceptors (Lipinski definition) is 18. The van der Waals surface area contributed by atoms with Crippen molar-refractivity contribution >= 4 is 23.5 Å². The van der Waals surface area contributed by atoms with Crippen LogP contribution in [0.4, 0.5) is 0 Å². The normalized spacial score (nSPS) is 42.0. The second-order valence-corrected chi connectivity index (χ2v) is 17.6. The van der Waals surface area contributed by atoms with E-state index in [-0.39, 0.29) is 31.7 Å². The van der Waals surface area contributed by atoms with E-state index in [0.717, 1.165) is 0 Å². The smallest absolute Gasteiger partial charge is 0.313 e. The minimum atomic E-state index is -1.32. The average Bonchev–Trinajstić information content (AvgIpc) is 3.88. The Kier molecular flexibility index (Phi) is 19.1. The summed E-state index contributed by atoms with van der Waals surface area (Å²) in [6.07, 6.45) is -10.4. The third kappa shape index (κ3) is 12.5. The number of aliphatic hydroxyl groups excluding tert-OH is 2. The number of ether oxygens (including phenoxy) is 11. The maximum absolute atomic E-state index is 14.3. The molecule has 18 atom stereocenters. The van der Waals surface area contributed by atoms with Crippen LogP contribution >= 0.6 is 0 Å². The molecule has 4 saturated heterocycles. The molecule has 0 aromatic rings.